The summed E-state index contributed by atoms with van der Waals surface area (Å²) in [6.45, 7) is 5.74. The van der Waals surface area contributed by atoms with Gasteiger partial charge in [0.15, 0.2) is 0 Å². The number of amides is 2. The van der Waals surface area contributed by atoms with Crippen LogP contribution in [0.4, 0.5) is 0 Å². The number of carbonyl (C=O) groups is 2. The molecular formula is C21H24N2O2S2. The highest BCUT2D eigenvalue weighted by atomic mass is 32.2. The minimum absolute atomic E-state index is 0.0176. The fourth-order valence-electron chi connectivity index (χ4n) is 3.19. The molecule has 2 heterocycles. The predicted molar refractivity (Wildman–Crippen MR) is 115 cm³/mol. The van der Waals surface area contributed by atoms with Gasteiger partial charge in [0.1, 0.15) is 10.9 Å². The lowest BCUT2D eigenvalue weighted by Gasteiger charge is -2.31. The van der Waals surface area contributed by atoms with Gasteiger partial charge in [0.25, 0.3) is 5.91 Å². The maximum absolute atomic E-state index is 12.7. The first kappa shape index (κ1) is 19.8. The molecule has 2 aliphatic heterocycles. The SMILES string of the molecule is CC(=Cc1ccccc1)C=C1SC(=S)N(CC(=O)N2CCC(C)CC2)C1=O. The Morgan fingerprint density at radius 3 is 2.59 bits per heavy atom. The first-order chi connectivity index (χ1) is 12.9. The van der Waals surface area contributed by atoms with Crippen LogP contribution in [0.1, 0.15) is 32.3 Å². The number of likely N-dealkylation sites (tertiary alicyclic amines) is 1. The number of rotatable bonds is 4. The minimum Gasteiger partial charge on any atom is -0.341 e. The Bertz CT molecular complexity index is 794. The molecule has 0 radical (unpaired) electrons. The topological polar surface area (TPSA) is 40.6 Å². The van der Waals surface area contributed by atoms with E-state index in [4.69, 9.17) is 12.2 Å². The van der Waals surface area contributed by atoms with Gasteiger partial charge >= 0.3 is 0 Å². The highest BCUT2D eigenvalue weighted by Gasteiger charge is 2.34. The molecule has 0 N–H and O–H groups in total. The van der Waals surface area contributed by atoms with Gasteiger partial charge in [-0.25, -0.2) is 0 Å². The lowest BCUT2D eigenvalue weighted by Crippen LogP contribution is -2.45. The van der Waals surface area contributed by atoms with Crippen molar-refractivity contribution < 1.29 is 9.59 Å². The minimum atomic E-state index is -0.176. The summed E-state index contributed by atoms with van der Waals surface area (Å²) in [5, 5.41) is 0. The molecule has 0 spiro atoms. The Labute approximate surface area is 170 Å². The molecule has 2 amide bonds. The van der Waals surface area contributed by atoms with Gasteiger partial charge in [-0.1, -0.05) is 67.3 Å². The maximum atomic E-state index is 12.7. The number of hydrogen-bond acceptors (Lipinski definition) is 4. The summed E-state index contributed by atoms with van der Waals surface area (Å²) in [4.78, 5) is 29.1. The second-order valence-electron chi connectivity index (χ2n) is 7.13. The maximum Gasteiger partial charge on any atom is 0.266 e. The van der Waals surface area contributed by atoms with E-state index in [1.54, 1.807) is 0 Å². The van der Waals surface area contributed by atoms with E-state index in [2.05, 4.69) is 6.92 Å². The Balaban J connectivity index is 1.66. The molecule has 0 bridgehead atoms. The molecule has 2 fully saturated rings. The summed E-state index contributed by atoms with van der Waals surface area (Å²) in [5.74, 6) is 0.466. The van der Waals surface area contributed by atoms with Crippen LogP contribution in [0.15, 0.2) is 46.9 Å². The Morgan fingerprint density at radius 2 is 1.93 bits per heavy atom. The van der Waals surface area contributed by atoms with Crippen LogP contribution in [0.2, 0.25) is 0 Å². The van der Waals surface area contributed by atoms with Crippen molar-refractivity contribution >= 4 is 46.2 Å². The van der Waals surface area contributed by atoms with Crippen molar-refractivity contribution in [2.24, 2.45) is 5.92 Å². The molecule has 142 valence electrons. The lowest BCUT2D eigenvalue weighted by molar-refractivity contribution is -0.136. The molecule has 0 unspecified atom stereocenters. The van der Waals surface area contributed by atoms with Crippen LogP contribution in [0.3, 0.4) is 0 Å². The monoisotopic (exact) mass is 400 g/mol. The number of nitrogens with zero attached hydrogens (tertiary/aromatic N) is 2. The van der Waals surface area contributed by atoms with Crippen molar-refractivity contribution in [1.29, 1.82) is 0 Å². The Morgan fingerprint density at radius 1 is 1.26 bits per heavy atom. The van der Waals surface area contributed by atoms with E-state index in [9.17, 15) is 9.59 Å². The van der Waals surface area contributed by atoms with Crippen molar-refractivity contribution in [3.8, 4) is 0 Å². The Hall–Kier alpha value is -1.92. The zero-order chi connectivity index (χ0) is 19.4. The van der Waals surface area contributed by atoms with Gasteiger partial charge in [-0.3, -0.25) is 14.5 Å². The van der Waals surface area contributed by atoms with Gasteiger partial charge in [-0.15, -0.1) is 0 Å². The van der Waals surface area contributed by atoms with Crippen LogP contribution in [-0.2, 0) is 9.59 Å². The molecule has 1 aromatic carbocycles. The molecule has 2 aliphatic rings. The number of allylic oxidation sites excluding steroid dienone is 2. The molecule has 0 aromatic heterocycles. The van der Waals surface area contributed by atoms with Crippen molar-refractivity contribution in [3.05, 3.63) is 52.4 Å². The summed E-state index contributed by atoms with van der Waals surface area (Å²) >= 11 is 6.62. The Kier molecular flexibility index (Phi) is 6.50. The molecule has 4 nitrogen and oxygen atoms in total. The normalized spacial score (nSPS) is 20.7. The number of benzene rings is 1. The summed E-state index contributed by atoms with van der Waals surface area (Å²) in [7, 11) is 0. The molecule has 0 atom stereocenters. The van der Waals surface area contributed by atoms with Gasteiger partial charge in [0.05, 0.1) is 4.91 Å². The van der Waals surface area contributed by atoms with Crippen LogP contribution < -0.4 is 0 Å². The van der Waals surface area contributed by atoms with Crippen LogP contribution in [0, 0.1) is 5.92 Å². The van der Waals surface area contributed by atoms with Crippen molar-refractivity contribution in [3.63, 3.8) is 0 Å². The average molecular weight is 401 g/mol. The van der Waals surface area contributed by atoms with Crippen LogP contribution in [0.25, 0.3) is 6.08 Å². The van der Waals surface area contributed by atoms with E-state index >= 15 is 0 Å². The summed E-state index contributed by atoms with van der Waals surface area (Å²) in [6, 6.07) is 9.95. The third-order valence-corrected chi connectivity index (χ3v) is 6.23. The van der Waals surface area contributed by atoms with E-state index in [0.29, 0.717) is 15.1 Å². The van der Waals surface area contributed by atoms with Gasteiger partial charge in [0.2, 0.25) is 5.91 Å². The second kappa shape index (κ2) is 8.85. The summed E-state index contributed by atoms with van der Waals surface area (Å²) < 4.78 is 0.456. The first-order valence-corrected chi connectivity index (χ1v) is 10.4. The van der Waals surface area contributed by atoms with Gasteiger partial charge in [0, 0.05) is 13.1 Å². The zero-order valence-corrected chi connectivity index (χ0v) is 17.3. The fourth-order valence-corrected chi connectivity index (χ4v) is 4.50. The van der Waals surface area contributed by atoms with E-state index in [-0.39, 0.29) is 18.4 Å². The molecule has 6 heteroatoms. The molecule has 2 saturated heterocycles. The smallest absolute Gasteiger partial charge is 0.266 e. The highest BCUT2D eigenvalue weighted by molar-refractivity contribution is 8.26. The number of thioether (sulfide) groups is 1. The van der Waals surface area contributed by atoms with E-state index in [1.165, 1.54) is 16.7 Å². The van der Waals surface area contributed by atoms with E-state index in [1.807, 2.05) is 54.3 Å². The zero-order valence-electron chi connectivity index (χ0n) is 15.7. The summed E-state index contributed by atoms with van der Waals surface area (Å²) in [5.41, 5.74) is 2.05. The van der Waals surface area contributed by atoms with Crippen molar-refractivity contribution in [1.82, 2.24) is 9.80 Å². The summed E-state index contributed by atoms with van der Waals surface area (Å²) in [6.07, 6.45) is 5.91. The molecule has 0 saturated carbocycles. The van der Waals surface area contributed by atoms with E-state index < -0.39 is 0 Å². The quantitative estimate of drug-likeness (QED) is 0.564. The molecule has 3 rings (SSSR count). The number of hydrogen-bond donors (Lipinski definition) is 0. The molecule has 27 heavy (non-hydrogen) atoms. The van der Waals surface area contributed by atoms with E-state index in [0.717, 1.165) is 37.1 Å². The molecule has 0 aliphatic carbocycles. The third kappa shape index (κ3) is 5.08. The van der Waals surface area contributed by atoms with Crippen molar-refractivity contribution in [2.75, 3.05) is 19.6 Å². The molecule has 1 aromatic rings. The van der Waals surface area contributed by atoms with Crippen LogP contribution in [-0.4, -0.2) is 45.6 Å². The first-order valence-electron chi connectivity index (χ1n) is 9.20. The van der Waals surface area contributed by atoms with Crippen LogP contribution in [0.5, 0.6) is 0 Å². The van der Waals surface area contributed by atoms with Gasteiger partial charge < -0.3 is 4.90 Å². The second-order valence-corrected chi connectivity index (χ2v) is 8.81. The lowest BCUT2D eigenvalue weighted by atomic mass is 9.99. The average Bonchev–Trinajstić information content (AvgIpc) is 2.90. The highest BCUT2D eigenvalue weighted by Crippen LogP contribution is 2.32. The van der Waals surface area contributed by atoms with Crippen LogP contribution >= 0.6 is 24.0 Å². The third-order valence-electron chi connectivity index (χ3n) is 4.86. The largest absolute Gasteiger partial charge is 0.341 e. The van der Waals surface area contributed by atoms with Crippen molar-refractivity contribution in [2.45, 2.75) is 26.7 Å². The number of thiocarbonyl (C=S) groups is 1. The standard InChI is InChI=1S/C21H24N2O2S2/c1-15-8-10-22(11-9-15)19(24)14-23-20(25)18(27-21(23)26)13-16(2)12-17-6-4-3-5-7-17/h3-7,12-13,15H,8-11,14H2,1-2H3. The molecular weight excluding hydrogens is 376 g/mol. The number of piperidine rings is 1. The number of carbonyl (C=O) groups excluding carboxylic acids is 2. The van der Waals surface area contributed by atoms with Gasteiger partial charge in [-0.05, 0) is 42.9 Å². The predicted octanol–water partition coefficient (Wildman–Crippen LogP) is 4.09. The van der Waals surface area contributed by atoms with Gasteiger partial charge in [-0.2, -0.15) is 0 Å². The fraction of sp³-hybridized carbons (Fsp3) is 0.381.